The molecule has 0 spiro atoms. The summed E-state index contributed by atoms with van der Waals surface area (Å²) in [5.74, 6) is -0.127. The molecule has 1 amide bonds. The maximum atomic E-state index is 12.7. The molecule has 1 heterocycles. The van der Waals surface area contributed by atoms with Crippen LogP contribution in [0.3, 0.4) is 0 Å². The van der Waals surface area contributed by atoms with Gasteiger partial charge in [0.15, 0.2) is 0 Å². The molecule has 1 aliphatic carbocycles. The first-order valence-electron chi connectivity index (χ1n) is 8.28. The first kappa shape index (κ1) is 15.8. The van der Waals surface area contributed by atoms with Crippen molar-refractivity contribution in [2.24, 2.45) is 11.0 Å². The van der Waals surface area contributed by atoms with Crippen molar-refractivity contribution in [3.8, 4) is 0 Å². The lowest BCUT2D eigenvalue weighted by Crippen LogP contribution is -2.25. The molecule has 2 aromatic carbocycles. The lowest BCUT2D eigenvalue weighted by molar-refractivity contribution is -0.122. The van der Waals surface area contributed by atoms with Crippen LogP contribution in [0.5, 0.6) is 0 Å². The molecule has 3 nitrogen and oxygen atoms in total. The van der Waals surface area contributed by atoms with E-state index in [9.17, 15) is 4.79 Å². The van der Waals surface area contributed by atoms with Crippen LogP contribution >= 0.6 is 11.3 Å². The van der Waals surface area contributed by atoms with Gasteiger partial charge in [-0.15, -0.1) is 11.3 Å². The van der Waals surface area contributed by atoms with Gasteiger partial charge in [-0.1, -0.05) is 66.7 Å². The number of thiophene rings is 1. The van der Waals surface area contributed by atoms with E-state index in [1.54, 1.807) is 17.6 Å². The normalized spacial score (nSPS) is 18.2. The van der Waals surface area contributed by atoms with Gasteiger partial charge in [-0.2, -0.15) is 5.10 Å². The van der Waals surface area contributed by atoms with Gasteiger partial charge in [0, 0.05) is 10.3 Å². The zero-order valence-corrected chi connectivity index (χ0v) is 14.4. The maximum absolute atomic E-state index is 12.7. The smallest absolute Gasteiger partial charge is 0.244 e. The molecule has 1 N–H and O–H groups in total. The van der Waals surface area contributed by atoms with E-state index in [-0.39, 0.29) is 17.2 Å². The van der Waals surface area contributed by atoms with Crippen LogP contribution in [-0.2, 0) is 10.2 Å². The molecular formula is C21H18N2OS. The molecule has 0 bridgehead atoms. The number of benzene rings is 2. The number of nitrogens with zero attached hydrogens (tertiary/aromatic N) is 1. The molecule has 4 rings (SSSR count). The standard InChI is InChI=1S/C21H18N2OS/c24-20(23-22-15-18-12-7-13-25-18)19-14-21(19,16-8-3-1-4-9-16)17-10-5-2-6-11-17/h1-13,15,19H,14H2,(H,23,24)/b22-15+/t19-/m0/s1. The van der Waals surface area contributed by atoms with Gasteiger partial charge >= 0.3 is 0 Å². The Balaban J connectivity index is 1.57. The molecule has 1 aliphatic rings. The monoisotopic (exact) mass is 346 g/mol. The minimum Gasteiger partial charge on any atom is -0.273 e. The van der Waals surface area contributed by atoms with Crippen molar-refractivity contribution in [1.82, 2.24) is 5.43 Å². The first-order chi connectivity index (χ1) is 12.3. The van der Waals surface area contributed by atoms with Crippen LogP contribution in [0.15, 0.2) is 83.3 Å². The number of amides is 1. The van der Waals surface area contributed by atoms with Crippen molar-refractivity contribution in [3.05, 3.63) is 94.2 Å². The number of hydrogen-bond acceptors (Lipinski definition) is 3. The van der Waals surface area contributed by atoms with Gasteiger partial charge in [0.05, 0.1) is 12.1 Å². The van der Waals surface area contributed by atoms with Crippen LogP contribution in [-0.4, -0.2) is 12.1 Å². The lowest BCUT2D eigenvalue weighted by atomic mass is 9.85. The molecule has 1 saturated carbocycles. The summed E-state index contributed by atoms with van der Waals surface area (Å²) in [6.07, 6.45) is 2.50. The quantitative estimate of drug-likeness (QED) is 0.546. The number of hydrogen-bond donors (Lipinski definition) is 1. The maximum Gasteiger partial charge on any atom is 0.244 e. The Labute approximate surface area is 151 Å². The molecule has 0 radical (unpaired) electrons. The number of carbonyl (C=O) groups excluding carboxylic acids is 1. The molecule has 25 heavy (non-hydrogen) atoms. The molecular weight excluding hydrogens is 328 g/mol. The summed E-state index contributed by atoms with van der Waals surface area (Å²) in [6, 6.07) is 24.5. The van der Waals surface area contributed by atoms with E-state index in [2.05, 4.69) is 34.8 Å². The van der Waals surface area contributed by atoms with Crippen LogP contribution in [0.25, 0.3) is 0 Å². The highest BCUT2D eigenvalue weighted by Gasteiger charge is 2.60. The van der Waals surface area contributed by atoms with Gasteiger partial charge in [-0.3, -0.25) is 4.79 Å². The fourth-order valence-corrected chi connectivity index (χ4v) is 4.04. The molecule has 0 saturated heterocycles. The van der Waals surface area contributed by atoms with E-state index < -0.39 is 0 Å². The summed E-state index contributed by atoms with van der Waals surface area (Å²) in [6.45, 7) is 0. The highest BCUT2D eigenvalue weighted by Crippen LogP contribution is 2.58. The Kier molecular flexibility index (Phi) is 4.20. The lowest BCUT2D eigenvalue weighted by Gasteiger charge is -2.18. The highest BCUT2D eigenvalue weighted by atomic mass is 32.1. The molecule has 3 aromatic rings. The fraction of sp³-hybridized carbons (Fsp3) is 0.143. The van der Waals surface area contributed by atoms with Crippen molar-refractivity contribution in [1.29, 1.82) is 0 Å². The zero-order valence-electron chi connectivity index (χ0n) is 13.6. The van der Waals surface area contributed by atoms with Gasteiger partial charge in [0.25, 0.3) is 0 Å². The van der Waals surface area contributed by atoms with Gasteiger partial charge in [-0.25, -0.2) is 5.43 Å². The van der Waals surface area contributed by atoms with E-state index in [0.29, 0.717) is 0 Å². The Hall–Kier alpha value is -2.72. The Morgan fingerprint density at radius 2 is 1.64 bits per heavy atom. The van der Waals surface area contributed by atoms with E-state index in [0.717, 1.165) is 11.3 Å². The average molecular weight is 346 g/mol. The second-order valence-electron chi connectivity index (χ2n) is 6.21. The second-order valence-corrected chi connectivity index (χ2v) is 7.19. The average Bonchev–Trinajstić information content (AvgIpc) is 3.23. The van der Waals surface area contributed by atoms with Crippen molar-refractivity contribution in [2.45, 2.75) is 11.8 Å². The third-order valence-corrected chi connectivity index (χ3v) is 5.57. The van der Waals surface area contributed by atoms with Gasteiger partial charge < -0.3 is 0 Å². The van der Waals surface area contributed by atoms with Crippen LogP contribution < -0.4 is 5.43 Å². The molecule has 0 aliphatic heterocycles. The van der Waals surface area contributed by atoms with Crippen LogP contribution in [0.4, 0.5) is 0 Å². The molecule has 1 fully saturated rings. The molecule has 0 unspecified atom stereocenters. The summed E-state index contributed by atoms with van der Waals surface area (Å²) in [4.78, 5) is 13.7. The minimum absolute atomic E-state index is 0.0273. The van der Waals surface area contributed by atoms with Crippen molar-refractivity contribution in [2.75, 3.05) is 0 Å². The van der Waals surface area contributed by atoms with Crippen LogP contribution in [0, 0.1) is 5.92 Å². The van der Waals surface area contributed by atoms with Crippen molar-refractivity contribution < 1.29 is 4.79 Å². The fourth-order valence-electron chi connectivity index (χ4n) is 3.46. The van der Waals surface area contributed by atoms with E-state index in [4.69, 9.17) is 0 Å². The molecule has 1 atom stereocenters. The zero-order chi connectivity index (χ0) is 17.1. The Morgan fingerprint density at radius 1 is 1.00 bits per heavy atom. The topological polar surface area (TPSA) is 41.5 Å². The van der Waals surface area contributed by atoms with Gasteiger partial charge in [0.1, 0.15) is 0 Å². The first-order valence-corrected chi connectivity index (χ1v) is 9.16. The second kappa shape index (κ2) is 6.65. The Bertz CT molecular complexity index is 833. The predicted molar refractivity (Wildman–Crippen MR) is 102 cm³/mol. The third kappa shape index (κ3) is 3.01. The summed E-state index contributed by atoms with van der Waals surface area (Å²) >= 11 is 1.59. The minimum atomic E-state index is -0.245. The summed E-state index contributed by atoms with van der Waals surface area (Å²) < 4.78 is 0. The van der Waals surface area contributed by atoms with Crippen LogP contribution in [0.2, 0.25) is 0 Å². The van der Waals surface area contributed by atoms with E-state index >= 15 is 0 Å². The predicted octanol–water partition coefficient (Wildman–Crippen LogP) is 4.20. The molecule has 4 heteroatoms. The van der Waals surface area contributed by atoms with Crippen molar-refractivity contribution in [3.63, 3.8) is 0 Å². The number of rotatable bonds is 5. The van der Waals surface area contributed by atoms with Gasteiger partial charge in [-0.05, 0) is 29.0 Å². The molecule has 1 aromatic heterocycles. The summed E-state index contributed by atoms with van der Waals surface area (Å²) in [7, 11) is 0. The SMILES string of the molecule is O=C(N/N=C/c1cccs1)[C@@H]1CC1(c1ccccc1)c1ccccc1. The molecule has 124 valence electrons. The third-order valence-electron chi connectivity index (χ3n) is 4.76. The summed E-state index contributed by atoms with van der Waals surface area (Å²) in [5.41, 5.74) is 4.84. The number of hydrazone groups is 1. The van der Waals surface area contributed by atoms with E-state index in [1.807, 2.05) is 53.9 Å². The number of nitrogens with one attached hydrogen (secondary N) is 1. The highest BCUT2D eigenvalue weighted by molar-refractivity contribution is 7.11. The summed E-state index contributed by atoms with van der Waals surface area (Å²) in [5, 5.41) is 6.10. The van der Waals surface area contributed by atoms with E-state index in [1.165, 1.54) is 11.1 Å². The Morgan fingerprint density at radius 3 is 2.20 bits per heavy atom. The van der Waals surface area contributed by atoms with Crippen molar-refractivity contribution >= 4 is 23.5 Å². The largest absolute Gasteiger partial charge is 0.273 e. The van der Waals surface area contributed by atoms with Gasteiger partial charge in [0.2, 0.25) is 5.91 Å². The number of carbonyl (C=O) groups is 1. The van der Waals surface area contributed by atoms with Crippen LogP contribution in [0.1, 0.15) is 22.4 Å².